The van der Waals surface area contributed by atoms with Crippen LogP contribution >= 0.6 is 0 Å². The van der Waals surface area contributed by atoms with Gasteiger partial charge in [0.05, 0.1) is 23.4 Å². The van der Waals surface area contributed by atoms with Gasteiger partial charge in [0.15, 0.2) is 11.0 Å². The van der Waals surface area contributed by atoms with Crippen molar-refractivity contribution >= 4 is 27.4 Å². The van der Waals surface area contributed by atoms with Crippen LogP contribution in [0.25, 0.3) is 10.8 Å². The second-order valence-electron chi connectivity index (χ2n) is 6.21. The van der Waals surface area contributed by atoms with Gasteiger partial charge in [-0.25, -0.2) is 4.21 Å². The molecule has 4 heteroatoms. The van der Waals surface area contributed by atoms with Crippen molar-refractivity contribution in [1.82, 2.24) is 0 Å². The highest BCUT2D eigenvalue weighted by Gasteiger charge is 2.18. The number of rotatable bonds is 5. The first-order valence-electron chi connectivity index (χ1n) is 8.48. The summed E-state index contributed by atoms with van der Waals surface area (Å²) in [6.07, 6.45) is 1.64. The minimum atomic E-state index is -1.35. The highest BCUT2D eigenvalue weighted by molar-refractivity contribution is 7.86. The van der Waals surface area contributed by atoms with Crippen LogP contribution in [0.5, 0.6) is 0 Å². The van der Waals surface area contributed by atoms with Crippen LogP contribution in [0.4, 0.5) is 5.69 Å². The standard InChI is InChI=1S/C22H19NO2S/c1-17-8-11-20(12-9-17)23(16-21-7-4-14-25-21)26(24)22-13-10-18-5-2-3-6-19(18)15-22/h2-15H,16H2,1H3. The number of furan rings is 1. The van der Waals surface area contributed by atoms with E-state index in [1.807, 2.05) is 84.0 Å². The highest BCUT2D eigenvalue weighted by Crippen LogP contribution is 2.26. The van der Waals surface area contributed by atoms with E-state index in [9.17, 15) is 4.21 Å². The summed E-state index contributed by atoms with van der Waals surface area (Å²) in [6.45, 7) is 2.48. The maximum atomic E-state index is 13.4. The third-order valence-corrected chi connectivity index (χ3v) is 5.72. The van der Waals surface area contributed by atoms with E-state index in [0.29, 0.717) is 6.54 Å². The lowest BCUT2D eigenvalue weighted by Crippen LogP contribution is -2.25. The number of hydrogen-bond acceptors (Lipinski definition) is 2. The SMILES string of the molecule is Cc1ccc(N(Cc2ccco2)S(=O)c2ccc3ccccc3c2)cc1. The van der Waals surface area contributed by atoms with Crippen LogP contribution in [0.2, 0.25) is 0 Å². The van der Waals surface area contributed by atoms with Gasteiger partial charge in [0.1, 0.15) is 5.76 Å². The van der Waals surface area contributed by atoms with Crippen molar-refractivity contribution in [3.8, 4) is 0 Å². The molecule has 0 spiro atoms. The summed E-state index contributed by atoms with van der Waals surface area (Å²) in [4.78, 5) is 0.774. The van der Waals surface area contributed by atoms with Crippen LogP contribution < -0.4 is 4.31 Å². The fourth-order valence-electron chi connectivity index (χ4n) is 2.90. The number of benzene rings is 3. The van der Waals surface area contributed by atoms with E-state index in [2.05, 4.69) is 6.07 Å². The molecular weight excluding hydrogens is 342 g/mol. The molecule has 1 unspecified atom stereocenters. The molecule has 0 radical (unpaired) electrons. The number of nitrogens with zero attached hydrogens (tertiary/aromatic N) is 1. The van der Waals surface area contributed by atoms with Gasteiger partial charge in [0.2, 0.25) is 0 Å². The molecule has 0 saturated carbocycles. The maximum absolute atomic E-state index is 13.4. The van der Waals surface area contributed by atoms with Crippen molar-refractivity contribution in [3.63, 3.8) is 0 Å². The monoisotopic (exact) mass is 361 g/mol. The second kappa shape index (κ2) is 7.18. The number of hydrogen-bond donors (Lipinski definition) is 0. The average molecular weight is 361 g/mol. The predicted octanol–water partition coefficient (Wildman–Crippen LogP) is 5.47. The van der Waals surface area contributed by atoms with Crippen molar-refractivity contribution in [2.75, 3.05) is 4.31 Å². The Morgan fingerprint density at radius 3 is 2.38 bits per heavy atom. The molecule has 0 aliphatic heterocycles. The molecular formula is C22H19NO2S. The molecule has 0 fully saturated rings. The number of anilines is 1. The van der Waals surface area contributed by atoms with Gasteiger partial charge in [-0.2, -0.15) is 0 Å². The third-order valence-electron chi connectivity index (χ3n) is 4.32. The van der Waals surface area contributed by atoms with E-state index in [-0.39, 0.29) is 0 Å². The Hall–Kier alpha value is -2.85. The Labute approximate surface area is 155 Å². The van der Waals surface area contributed by atoms with Gasteiger partial charge in [0, 0.05) is 0 Å². The van der Waals surface area contributed by atoms with Crippen molar-refractivity contribution in [1.29, 1.82) is 0 Å². The van der Waals surface area contributed by atoms with Crippen LogP contribution in [-0.4, -0.2) is 4.21 Å². The van der Waals surface area contributed by atoms with Gasteiger partial charge in [-0.1, -0.05) is 48.0 Å². The predicted molar refractivity (Wildman–Crippen MR) is 106 cm³/mol. The summed E-state index contributed by atoms with van der Waals surface area (Å²) in [5.41, 5.74) is 2.07. The first kappa shape index (κ1) is 16.6. The van der Waals surface area contributed by atoms with E-state index in [1.165, 1.54) is 5.56 Å². The zero-order chi connectivity index (χ0) is 17.9. The van der Waals surface area contributed by atoms with Gasteiger partial charge in [-0.15, -0.1) is 0 Å². The zero-order valence-corrected chi connectivity index (χ0v) is 15.3. The van der Waals surface area contributed by atoms with Crippen molar-refractivity contribution in [2.24, 2.45) is 0 Å². The van der Waals surface area contributed by atoms with Crippen molar-refractivity contribution < 1.29 is 8.63 Å². The molecule has 3 aromatic carbocycles. The summed E-state index contributed by atoms with van der Waals surface area (Å²) in [7, 11) is -1.35. The van der Waals surface area contributed by atoms with Gasteiger partial charge in [-0.3, -0.25) is 4.31 Å². The quantitative estimate of drug-likeness (QED) is 0.472. The molecule has 26 heavy (non-hydrogen) atoms. The lowest BCUT2D eigenvalue weighted by Gasteiger charge is -2.23. The Kier molecular flexibility index (Phi) is 4.59. The summed E-state index contributed by atoms with van der Waals surface area (Å²) >= 11 is 0. The Bertz CT molecular complexity index is 1040. The van der Waals surface area contributed by atoms with Gasteiger partial charge in [-0.05, 0) is 54.1 Å². The lowest BCUT2D eigenvalue weighted by molar-refractivity contribution is 0.512. The second-order valence-corrected chi connectivity index (χ2v) is 7.62. The Morgan fingerprint density at radius 1 is 0.885 bits per heavy atom. The molecule has 1 atom stereocenters. The molecule has 0 aliphatic carbocycles. The maximum Gasteiger partial charge on any atom is 0.153 e. The minimum Gasteiger partial charge on any atom is -0.467 e. The van der Waals surface area contributed by atoms with Gasteiger partial charge < -0.3 is 4.42 Å². The van der Waals surface area contributed by atoms with Crippen LogP contribution in [0.1, 0.15) is 11.3 Å². The van der Waals surface area contributed by atoms with Crippen LogP contribution in [0, 0.1) is 6.92 Å². The molecule has 0 saturated heterocycles. The minimum absolute atomic E-state index is 0.440. The summed E-state index contributed by atoms with van der Waals surface area (Å²) < 4.78 is 20.7. The molecule has 4 rings (SSSR count). The Balaban J connectivity index is 1.73. The topological polar surface area (TPSA) is 33.5 Å². The molecule has 1 aromatic heterocycles. The molecule has 0 amide bonds. The van der Waals surface area contributed by atoms with E-state index in [0.717, 1.165) is 27.1 Å². The lowest BCUT2D eigenvalue weighted by atomic mass is 10.1. The molecule has 0 aliphatic rings. The number of aryl methyl sites for hydroxylation is 1. The largest absolute Gasteiger partial charge is 0.467 e. The van der Waals surface area contributed by atoms with E-state index < -0.39 is 11.0 Å². The highest BCUT2D eigenvalue weighted by atomic mass is 32.2. The first-order valence-corrected chi connectivity index (χ1v) is 9.59. The molecule has 3 nitrogen and oxygen atoms in total. The van der Waals surface area contributed by atoms with Crippen molar-refractivity contribution in [3.05, 3.63) is 96.4 Å². The summed E-state index contributed by atoms with van der Waals surface area (Å²) in [6, 6.07) is 25.9. The third kappa shape index (κ3) is 3.41. The van der Waals surface area contributed by atoms with E-state index in [4.69, 9.17) is 4.42 Å². The normalized spacial score (nSPS) is 12.2. The van der Waals surface area contributed by atoms with Gasteiger partial charge >= 0.3 is 0 Å². The molecule has 4 aromatic rings. The summed E-state index contributed by atoms with van der Waals surface area (Å²) in [5, 5.41) is 2.22. The fourth-order valence-corrected chi connectivity index (χ4v) is 4.13. The molecule has 1 heterocycles. The van der Waals surface area contributed by atoms with Gasteiger partial charge in [0.25, 0.3) is 0 Å². The zero-order valence-electron chi connectivity index (χ0n) is 14.5. The number of fused-ring (bicyclic) bond motifs is 1. The first-order chi connectivity index (χ1) is 12.7. The van der Waals surface area contributed by atoms with Crippen LogP contribution in [0.15, 0.2) is 94.4 Å². The van der Waals surface area contributed by atoms with E-state index >= 15 is 0 Å². The fraction of sp³-hybridized carbons (Fsp3) is 0.0909. The van der Waals surface area contributed by atoms with Crippen LogP contribution in [0.3, 0.4) is 0 Å². The van der Waals surface area contributed by atoms with E-state index in [1.54, 1.807) is 6.26 Å². The summed E-state index contributed by atoms with van der Waals surface area (Å²) in [5.74, 6) is 0.778. The van der Waals surface area contributed by atoms with Crippen LogP contribution in [-0.2, 0) is 17.5 Å². The Morgan fingerprint density at radius 2 is 1.65 bits per heavy atom. The average Bonchev–Trinajstić information content (AvgIpc) is 3.19. The van der Waals surface area contributed by atoms with Crippen molar-refractivity contribution in [2.45, 2.75) is 18.4 Å². The smallest absolute Gasteiger partial charge is 0.153 e. The molecule has 130 valence electrons. The molecule has 0 bridgehead atoms. The molecule has 0 N–H and O–H groups in total.